The van der Waals surface area contributed by atoms with Crippen LogP contribution in [0.5, 0.6) is 23.0 Å². The normalized spacial score (nSPS) is 10.9. The van der Waals surface area contributed by atoms with Crippen LogP contribution in [0.25, 0.3) is 21.7 Å². The summed E-state index contributed by atoms with van der Waals surface area (Å²) in [4.78, 5) is 17.4. The van der Waals surface area contributed by atoms with Crippen LogP contribution in [0.4, 0.5) is 15.8 Å². The van der Waals surface area contributed by atoms with Gasteiger partial charge in [-0.15, -0.1) is 0 Å². The number of carbonyl (C=O) groups excluding carboxylic acids is 1. The molecule has 7 nitrogen and oxygen atoms in total. The van der Waals surface area contributed by atoms with E-state index in [2.05, 4.69) is 10.3 Å². The molecule has 1 aromatic heterocycles. The van der Waals surface area contributed by atoms with Crippen LogP contribution >= 0.6 is 0 Å². The molecule has 8 heteroatoms. The van der Waals surface area contributed by atoms with E-state index in [4.69, 9.17) is 19.9 Å². The second-order valence-corrected chi connectivity index (χ2v) is 8.01. The Morgan fingerprint density at radius 2 is 1.69 bits per heavy atom. The van der Waals surface area contributed by atoms with Crippen molar-refractivity contribution in [1.29, 1.82) is 0 Å². The van der Waals surface area contributed by atoms with Crippen LogP contribution in [-0.4, -0.2) is 25.1 Å². The smallest absolute Gasteiger partial charge is 0.256 e. The molecule has 1 amide bonds. The van der Waals surface area contributed by atoms with Gasteiger partial charge in [-0.05, 0) is 65.4 Å². The average molecular weight is 483 g/mol. The molecular weight excluding hydrogens is 461 g/mol. The van der Waals surface area contributed by atoms with E-state index in [0.29, 0.717) is 39.8 Å². The number of benzene rings is 4. The number of aromatic nitrogens is 1. The van der Waals surface area contributed by atoms with Crippen molar-refractivity contribution in [2.75, 3.05) is 25.3 Å². The van der Waals surface area contributed by atoms with Crippen molar-refractivity contribution in [3.05, 3.63) is 90.4 Å². The molecule has 0 atom stereocenters. The van der Waals surface area contributed by atoms with E-state index >= 15 is 0 Å². The lowest BCUT2D eigenvalue weighted by Gasteiger charge is -2.13. The van der Waals surface area contributed by atoms with Gasteiger partial charge in [0.15, 0.2) is 11.5 Å². The van der Waals surface area contributed by atoms with Gasteiger partial charge in [-0.25, -0.2) is 4.39 Å². The SMILES string of the molecule is COc1cc2nccc(Oc3ccc4c(C(=O)Nc5ccc(F)cc5N)cccc4c3)c2cc1OC. The fourth-order valence-electron chi connectivity index (χ4n) is 4.02. The molecule has 0 spiro atoms. The molecular formula is C28H22FN3O4. The highest BCUT2D eigenvalue weighted by atomic mass is 19.1. The van der Waals surface area contributed by atoms with Crippen LogP contribution in [0.3, 0.4) is 0 Å². The number of pyridine rings is 1. The third-order valence-corrected chi connectivity index (χ3v) is 5.79. The summed E-state index contributed by atoms with van der Waals surface area (Å²) in [7, 11) is 3.14. The number of carbonyl (C=O) groups is 1. The Morgan fingerprint density at radius 1 is 0.889 bits per heavy atom. The van der Waals surface area contributed by atoms with Crippen LogP contribution in [0.2, 0.25) is 0 Å². The van der Waals surface area contributed by atoms with E-state index in [9.17, 15) is 9.18 Å². The maximum absolute atomic E-state index is 13.3. The summed E-state index contributed by atoms with van der Waals surface area (Å²) in [6.45, 7) is 0. The lowest BCUT2D eigenvalue weighted by molar-refractivity contribution is 0.102. The number of halogens is 1. The molecule has 5 rings (SSSR count). The van der Waals surface area contributed by atoms with E-state index in [1.54, 1.807) is 50.7 Å². The number of nitrogens with two attached hydrogens (primary N) is 1. The predicted molar refractivity (Wildman–Crippen MR) is 138 cm³/mol. The van der Waals surface area contributed by atoms with Gasteiger partial charge in [0.25, 0.3) is 5.91 Å². The fraction of sp³-hybridized carbons (Fsp3) is 0.0714. The highest BCUT2D eigenvalue weighted by Gasteiger charge is 2.14. The molecule has 36 heavy (non-hydrogen) atoms. The highest BCUT2D eigenvalue weighted by Crippen LogP contribution is 2.37. The Kier molecular flexibility index (Phi) is 6.00. The van der Waals surface area contributed by atoms with Gasteiger partial charge in [-0.3, -0.25) is 9.78 Å². The van der Waals surface area contributed by atoms with Gasteiger partial charge in [0.2, 0.25) is 0 Å². The number of nitrogens with zero attached hydrogens (tertiary/aromatic N) is 1. The van der Waals surface area contributed by atoms with E-state index in [0.717, 1.165) is 22.2 Å². The number of nitrogens with one attached hydrogen (secondary N) is 1. The van der Waals surface area contributed by atoms with Crippen LogP contribution in [0.1, 0.15) is 10.4 Å². The maximum atomic E-state index is 13.3. The van der Waals surface area contributed by atoms with Crippen molar-refractivity contribution in [2.45, 2.75) is 0 Å². The number of fused-ring (bicyclic) bond motifs is 2. The highest BCUT2D eigenvalue weighted by molar-refractivity contribution is 6.13. The van der Waals surface area contributed by atoms with Gasteiger partial charge in [0, 0.05) is 23.2 Å². The molecule has 180 valence electrons. The number of anilines is 2. The lowest BCUT2D eigenvalue weighted by atomic mass is 10.0. The number of ether oxygens (including phenoxy) is 3. The first-order valence-electron chi connectivity index (χ1n) is 11.0. The molecule has 0 fully saturated rings. The molecule has 3 N–H and O–H groups in total. The van der Waals surface area contributed by atoms with Crippen LogP contribution in [-0.2, 0) is 0 Å². The Morgan fingerprint density at radius 3 is 2.47 bits per heavy atom. The molecule has 1 heterocycles. The van der Waals surface area contributed by atoms with Gasteiger partial charge in [-0.1, -0.05) is 12.1 Å². The molecule has 0 saturated carbocycles. The first-order chi connectivity index (χ1) is 17.5. The van der Waals surface area contributed by atoms with E-state index in [1.165, 1.54) is 12.1 Å². The zero-order chi connectivity index (χ0) is 25.2. The van der Waals surface area contributed by atoms with E-state index in [-0.39, 0.29) is 11.6 Å². The third-order valence-electron chi connectivity index (χ3n) is 5.79. The summed E-state index contributed by atoms with van der Waals surface area (Å²) in [5.74, 6) is 1.51. The zero-order valence-electron chi connectivity index (χ0n) is 19.5. The average Bonchev–Trinajstić information content (AvgIpc) is 2.89. The zero-order valence-corrected chi connectivity index (χ0v) is 19.5. The molecule has 5 aromatic rings. The summed E-state index contributed by atoms with van der Waals surface area (Å²) < 4.78 is 30.3. The number of rotatable bonds is 6. The lowest BCUT2D eigenvalue weighted by Crippen LogP contribution is -2.13. The third kappa shape index (κ3) is 4.32. The number of hydrogen-bond acceptors (Lipinski definition) is 6. The monoisotopic (exact) mass is 483 g/mol. The Hall–Kier alpha value is -4.85. The van der Waals surface area contributed by atoms with Crippen molar-refractivity contribution < 1.29 is 23.4 Å². The quantitative estimate of drug-likeness (QED) is 0.280. The van der Waals surface area contributed by atoms with E-state index < -0.39 is 5.82 Å². The number of methoxy groups -OCH3 is 2. The Bertz CT molecular complexity index is 1620. The minimum absolute atomic E-state index is 0.151. The molecule has 0 radical (unpaired) electrons. The van der Waals surface area contributed by atoms with Crippen LogP contribution < -0.4 is 25.3 Å². The van der Waals surface area contributed by atoms with Gasteiger partial charge < -0.3 is 25.3 Å². The molecule has 0 unspecified atom stereocenters. The molecule has 0 saturated heterocycles. The number of hydrogen-bond donors (Lipinski definition) is 2. The molecule has 0 aliphatic heterocycles. The van der Waals surface area contributed by atoms with Gasteiger partial charge in [0.05, 0.1) is 31.1 Å². The minimum Gasteiger partial charge on any atom is -0.493 e. The first-order valence-corrected chi connectivity index (χ1v) is 11.0. The van der Waals surface area contributed by atoms with Gasteiger partial charge >= 0.3 is 0 Å². The largest absolute Gasteiger partial charge is 0.493 e. The summed E-state index contributed by atoms with van der Waals surface area (Å²) in [6, 6.07) is 20.1. The van der Waals surface area contributed by atoms with Crippen molar-refractivity contribution in [1.82, 2.24) is 4.98 Å². The fourth-order valence-corrected chi connectivity index (χ4v) is 4.02. The Balaban J connectivity index is 1.47. The van der Waals surface area contributed by atoms with Crippen molar-refractivity contribution >= 4 is 39.0 Å². The topological polar surface area (TPSA) is 95.7 Å². The van der Waals surface area contributed by atoms with Crippen molar-refractivity contribution in [3.8, 4) is 23.0 Å². The number of amides is 1. The molecule has 0 aliphatic rings. The summed E-state index contributed by atoms with van der Waals surface area (Å²) >= 11 is 0. The standard InChI is InChI=1S/C28H22FN3O4/c1-34-26-14-21-24(15-27(26)35-2)31-11-10-25(21)36-18-7-8-19-16(12-18)4-3-5-20(19)28(33)32-23-9-6-17(29)13-22(23)30/h3-15H,30H2,1-2H3,(H,32,33). The van der Waals surface area contributed by atoms with Gasteiger partial charge in [-0.2, -0.15) is 0 Å². The minimum atomic E-state index is -0.470. The van der Waals surface area contributed by atoms with Crippen molar-refractivity contribution in [2.24, 2.45) is 0 Å². The summed E-state index contributed by atoms with van der Waals surface area (Å²) in [5.41, 5.74) is 7.48. The summed E-state index contributed by atoms with van der Waals surface area (Å²) in [6.07, 6.45) is 1.66. The molecule has 0 bridgehead atoms. The van der Waals surface area contributed by atoms with Crippen LogP contribution in [0, 0.1) is 5.82 Å². The molecule has 0 aliphatic carbocycles. The van der Waals surface area contributed by atoms with E-state index in [1.807, 2.05) is 24.3 Å². The predicted octanol–water partition coefficient (Wildman–Crippen LogP) is 6.17. The number of nitrogen functional groups attached to an aromatic ring is 1. The van der Waals surface area contributed by atoms with Crippen LogP contribution in [0.15, 0.2) is 79.0 Å². The van der Waals surface area contributed by atoms with Crippen molar-refractivity contribution in [3.63, 3.8) is 0 Å². The summed E-state index contributed by atoms with van der Waals surface area (Å²) in [5, 5.41) is 5.05. The van der Waals surface area contributed by atoms with Gasteiger partial charge in [0.1, 0.15) is 17.3 Å². The first kappa shape index (κ1) is 22.9. The second kappa shape index (κ2) is 9.42. The molecule has 4 aromatic carbocycles. The Labute approximate surface area is 206 Å². The maximum Gasteiger partial charge on any atom is 0.256 e. The second-order valence-electron chi connectivity index (χ2n) is 8.01.